The Balaban J connectivity index is 1.67. The lowest BCUT2D eigenvalue weighted by atomic mass is 9.79. The lowest BCUT2D eigenvalue weighted by Crippen LogP contribution is -2.52. The average molecular weight is 226 g/mol. The standard InChI is InChI=1S/C13H26N2O/c1-3-15-9-5-12(6-10-15)14-11-13(16-2)7-4-8-13/h12,14H,3-11H2,1-2H3. The second-order valence-electron chi connectivity index (χ2n) is 5.33. The van der Waals surface area contributed by atoms with Crippen LogP contribution in [-0.4, -0.2) is 49.8 Å². The predicted molar refractivity (Wildman–Crippen MR) is 66.7 cm³/mol. The number of hydrogen-bond donors (Lipinski definition) is 1. The molecule has 0 spiro atoms. The van der Waals surface area contributed by atoms with Crippen molar-refractivity contribution in [1.29, 1.82) is 0 Å². The summed E-state index contributed by atoms with van der Waals surface area (Å²) in [6.45, 7) is 7.03. The van der Waals surface area contributed by atoms with Crippen molar-refractivity contribution in [2.45, 2.75) is 50.7 Å². The van der Waals surface area contributed by atoms with Gasteiger partial charge in [-0.15, -0.1) is 0 Å². The van der Waals surface area contributed by atoms with Crippen molar-refractivity contribution in [3.05, 3.63) is 0 Å². The lowest BCUT2D eigenvalue weighted by Gasteiger charge is -2.42. The van der Waals surface area contributed by atoms with Gasteiger partial charge in [0.2, 0.25) is 0 Å². The number of likely N-dealkylation sites (tertiary alicyclic amines) is 1. The lowest BCUT2D eigenvalue weighted by molar-refractivity contribution is -0.0716. The first-order chi connectivity index (χ1) is 7.78. The van der Waals surface area contributed by atoms with Gasteiger partial charge in [0.15, 0.2) is 0 Å². The summed E-state index contributed by atoms with van der Waals surface area (Å²) in [6, 6.07) is 0.718. The van der Waals surface area contributed by atoms with Crippen LogP contribution in [0.4, 0.5) is 0 Å². The van der Waals surface area contributed by atoms with Crippen molar-refractivity contribution in [1.82, 2.24) is 10.2 Å². The van der Waals surface area contributed by atoms with Gasteiger partial charge in [0.05, 0.1) is 5.60 Å². The van der Waals surface area contributed by atoms with Crippen LogP contribution < -0.4 is 5.32 Å². The second kappa shape index (κ2) is 5.48. The van der Waals surface area contributed by atoms with E-state index < -0.39 is 0 Å². The molecule has 0 aromatic carbocycles. The highest BCUT2D eigenvalue weighted by Gasteiger charge is 2.37. The van der Waals surface area contributed by atoms with E-state index >= 15 is 0 Å². The van der Waals surface area contributed by atoms with Crippen LogP contribution in [0, 0.1) is 0 Å². The summed E-state index contributed by atoms with van der Waals surface area (Å²) in [7, 11) is 1.86. The molecule has 2 rings (SSSR count). The van der Waals surface area contributed by atoms with Gasteiger partial charge in [-0.05, 0) is 51.7 Å². The third-order valence-electron chi connectivity index (χ3n) is 4.45. The normalized spacial score (nSPS) is 26.6. The number of rotatable bonds is 5. The summed E-state index contributed by atoms with van der Waals surface area (Å²) in [5.41, 5.74) is 0.182. The summed E-state index contributed by atoms with van der Waals surface area (Å²) < 4.78 is 5.63. The van der Waals surface area contributed by atoms with Crippen LogP contribution in [-0.2, 0) is 4.74 Å². The van der Waals surface area contributed by atoms with Gasteiger partial charge < -0.3 is 15.0 Å². The van der Waals surface area contributed by atoms with Crippen molar-refractivity contribution < 1.29 is 4.74 Å². The van der Waals surface area contributed by atoms with Gasteiger partial charge in [0.1, 0.15) is 0 Å². The maximum Gasteiger partial charge on any atom is 0.0802 e. The fraction of sp³-hybridized carbons (Fsp3) is 1.00. The highest BCUT2D eigenvalue weighted by atomic mass is 16.5. The van der Waals surface area contributed by atoms with E-state index in [0.29, 0.717) is 0 Å². The Bertz CT molecular complexity index is 202. The van der Waals surface area contributed by atoms with Gasteiger partial charge in [0.25, 0.3) is 0 Å². The summed E-state index contributed by atoms with van der Waals surface area (Å²) in [5.74, 6) is 0. The van der Waals surface area contributed by atoms with Crippen LogP contribution in [0.25, 0.3) is 0 Å². The molecular weight excluding hydrogens is 200 g/mol. The molecule has 1 heterocycles. The Kier molecular flexibility index (Phi) is 4.22. The van der Waals surface area contributed by atoms with E-state index in [1.807, 2.05) is 7.11 Å². The minimum atomic E-state index is 0.182. The zero-order chi connectivity index (χ0) is 11.4. The van der Waals surface area contributed by atoms with Crippen LogP contribution >= 0.6 is 0 Å². The minimum absolute atomic E-state index is 0.182. The zero-order valence-electron chi connectivity index (χ0n) is 10.8. The summed E-state index contributed by atoms with van der Waals surface area (Å²) in [5, 5.41) is 3.71. The molecule has 0 aromatic rings. The number of hydrogen-bond acceptors (Lipinski definition) is 3. The molecule has 0 unspecified atom stereocenters. The first kappa shape index (κ1) is 12.3. The second-order valence-corrected chi connectivity index (χ2v) is 5.33. The van der Waals surface area contributed by atoms with Crippen LogP contribution in [0.2, 0.25) is 0 Å². The number of nitrogens with one attached hydrogen (secondary N) is 1. The van der Waals surface area contributed by atoms with Gasteiger partial charge >= 0.3 is 0 Å². The van der Waals surface area contributed by atoms with E-state index in [1.54, 1.807) is 0 Å². The largest absolute Gasteiger partial charge is 0.377 e. The SMILES string of the molecule is CCN1CCC(NCC2(OC)CCC2)CC1. The monoisotopic (exact) mass is 226 g/mol. The molecule has 0 amide bonds. The molecule has 1 aliphatic heterocycles. The quantitative estimate of drug-likeness (QED) is 0.771. The topological polar surface area (TPSA) is 24.5 Å². The van der Waals surface area contributed by atoms with E-state index in [-0.39, 0.29) is 5.60 Å². The van der Waals surface area contributed by atoms with Crippen molar-refractivity contribution >= 4 is 0 Å². The van der Waals surface area contributed by atoms with Crippen molar-refractivity contribution in [3.8, 4) is 0 Å². The highest BCUT2D eigenvalue weighted by molar-refractivity contribution is 4.92. The molecule has 2 fully saturated rings. The fourth-order valence-corrected chi connectivity index (χ4v) is 2.81. The molecule has 1 saturated heterocycles. The van der Waals surface area contributed by atoms with Crippen LogP contribution in [0.5, 0.6) is 0 Å². The molecule has 3 nitrogen and oxygen atoms in total. The smallest absolute Gasteiger partial charge is 0.0802 e. The van der Waals surface area contributed by atoms with Crippen LogP contribution in [0.15, 0.2) is 0 Å². The Morgan fingerprint density at radius 1 is 1.31 bits per heavy atom. The van der Waals surface area contributed by atoms with E-state index in [2.05, 4.69) is 17.1 Å². The molecule has 1 aliphatic carbocycles. The van der Waals surface area contributed by atoms with E-state index in [4.69, 9.17) is 4.74 Å². The molecule has 0 radical (unpaired) electrons. The summed E-state index contributed by atoms with van der Waals surface area (Å²) in [4.78, 5) is 2.54. The molecular formula is C13H26N2O. The average Bonchev–Trinajstić information content (AvgIpc) is 2.29. The molecule has 1 N–H and O–H groups in total. The Hall–Kier alpha value is -0.120. The van der Waals surface area contributed by atoms with E-state index in [9.17, 15) is 0 Å². The van der Waals surface area contributed by atoms with Gasteiger partial charge in [0, 0.05) is 19.7 Å². The molecule has 0 bridgehead atoms. The molecule has 2 aliphatic rings. The number of piperidine rings is 1. The van der Waals surface area contributed by atoms with Gasteiger partial charge in [-0.2, -0.15) is 0 Å². The summed E-state index contributed by atoms with van der Waals surface area (Å²) in [6.07, 6.45) is 6.42. The molecule has 3 heteroatoms. The highest BCUT2D eigenvalue weighted by Crippen LogP contribution is 2.34. The maximum absolute atomic E-state index is 5.63. The molecule has 1 saturated carbocycles. The zero-order valence-corrected chi connectivity index (χ0v) is 10.8. The predicted octanol–water partition coefficient (Wildman–Crippen LogP) is 1.63. The molecule has 16 heavy (non-hydrogen) atoms. The third-order valence-corrected chi connectivity index (χ3v) is 4.45. The Morgan fingerprint density at radius 2 is 2.00 bits per heavy atom. The van der Waals surface area contributed by atoms with Gasteiger partial charge in [-0.1, -0.05) is 6.92 Å². The molecule has 0 atom stereocenters. The summed E-state index contributed by atoms with van der Waals surface area (Å²) >= 11 is 0. The first-order valence-electron chi connectivity index (χ1n) is 6.79. The Labute approximate surface area is 99.5 Å². The van der Waals surface area contributed by atoms with Crippen LogP contribution in [0.3, 0.4) is 0 Å². The molecule has 0 aromatic heterocycles. The number of methoxy groups -OCH3 is 1. The van der Waals surface area contributed by atoms with E-state index in [1.165, 1.54) is 51.7 Å². The molecule has 94 valence electrons. The first-order valence-corrected chi connectivity index (χ1v) is 6.79. The number of nitrogens with zero attached hydrogens (tertiary/aromatic N) is 1. The fourth-order valence-electron chi connectivity index (χ4n) is 2.81. The van der Waals surface area contributed by atoms with E-state index in [0.717, 1.165) is 12.6 Å². The minimum Gasteiger partial charge on any atom is -0.377 e. The van der Waals surface area contributed by atoms with Crippen LogP contribution in [0.1, 0.15) is 39.0 Å². The van der Waals surface area contributed by atoms with Crippen molar-refractivity contribution in [3.63, 3.8) is 0 Å². The van der Waals surface area contributed by atoms with Gasteiger partial charge in [-0.25, -0.2) is 0 Å². The third kappa shape index (κ3) is 2.76. The van der Waals surface area contributed by atoms with Crippen molar-refractivity contribution in [2.75, 3.05) is 33.3 Å². The number of ether oxygens (including phenoxy) is 1. The van der Waals surface area contributed by atoms with Crippen molar-refractivity contribution in [2.24, 2.45) is 0 Å². The van der Waals surface area contributed by atoms with Gasteiger partial charge in [-0.3, -0.25) is 0 Å². The Morgan fingerprint density at radius 3 is 2.44 bits per heavy atom. The maximum atomic E-state index is 5.63.